The van der Waals surface area contributed by atoms with E-state index in [0.29, 0.717) is 17.0 Å². The zero-order valence-corrected chi connectivity index (χ0v) is 17.4. The van der Waals surface area contributed by atoms with E-state index in [-0.39, 0.29) is 31.0 Å². The van der Waals surface area contributed by atoms with Crippen LogP contribution >= 0.6 is 0 Å². The maximum absolute atomic E-state index is 12.9. The molecule has 1 aliphatic heterocycles. The van der Waals surface area contributed by atoms with Crippen LogP contribution in [-0.2, 0) is 23.8 Å². The van der Waals surface area contributed by atoms with Gasteiger partial charge < -0.3 is 14.2 Å². The highest BCUT2D eigenvalue weighted by Gasteiger charge is 2.42. The van der Waals surface area contributed by atoms with Crippen molar-refractivity contribution in [2.24, 2.45) is 0 Å². The molecule has 2 rings (SSSR count). The van der Waals surface area contributed by atoms with Crippen LogP contribution < -0.4 is 0 Å². The quantitative estimate of drug-likeness (QED) is 0.532. The van der Waals surface area contributed by atoms with Gasteiger partial charge in [0, 0.05) is 23.8 Å². The first kappa shape index (κ1) is 22.1. The Kier molecular flexibility index (Phi) is 7.52. The number of hydrogen-bond donors (Lipinski definition) is 0. The molecular formula is C21H26N2O6. The Balaban J connectivity index is 2.78. The summed E-state index contributed by atoms with van der Waals surface area (Å²) in [7, 11) is 0. The molecule has 8 nitrogen and oxygen atoms in total. The Hall–Kier alpha value is -3.16. The lowest BCUT2D eigenvalue weighted by atomic mass is 9.80. The number of amides is 1. The number of ether oxygens (including phenoxy) is 3. The monoisotopic (exact) mass is 402 g/mol. The molecule has 0 unspecified atom stereocenters. The third-order valence-electron chi connectivity index (χ3n) is 4.51. The van der Waals surface area contributed by atoms with Crippen molar-refractivity contribution in [2.75, 3.05) is 19.8 Å². The van der Waals surface area contributed by atoms with E-state index in [1.807, 2.05) is 0 Å². The molecule has 29 heavy (non-hydrogen) atoms. The van der Waals surface area contributed by atoms with E-state index in [9.17, 15) is 14.4 Å². The molecule has 0 radical (unpaired) electrons. The molecule has 0 N–H and O–H groups in total. The van der Waals surface area contributed by atoms with Crippen LogP contribution in [0.25, 0.3) is 0 Å². The normalized spacial score (nSPS) is 14.7. The predicted molar refractivity (Wildman–Crippen MR) is 105 cm³/mol. The van der Waals surface area contributed by atoms with Crippen LogP contribution in [0, 0.1) is 0 Å². The van der Waals surface area contributed by atoms with Crippen LogP contribution in [0.15, 0.2) is 47.1 Å². The summed E-state index contributed by atoms with van der Waals surface area (Å²) in [4.78, 5) is 43.7. The summed E-state index contributed by atoms with van der Waals surface area (Å²) in [6.07, 6.45) is 2.46. The zero-order chi connectivity index (χ0) is 21.6. The van der Waals surface area contributed by atoms with Gasteiger partial charge >= 0.3 is 18.0 Å². The Morgan fingerprint density at radius 1 is 0.862 bits per heavy atom. The van der Waals surface area contributed by atoms with Gasteiger partial charge in [0.1, 0.15) is 0 Å². The van der Waals surface area contributed by atoms with Crippen LogP contribution in [0.4, 0.5) is 4.79 Å². The Morgan fingerprint density at radius 3 is 1.72 bits per heavy atom. The fourth-order valence-electron chi connectivity index (χ4n) is 3.35. The van der Waals surface area contributed by atoms with E-state index >= 15 is 0 Å². The van der Waals surface area contributed by atoms with Crippen LogP contribution in [0.5, 0.6) is 0 Å². The third-order valence-corrected chi connectivity index (χ3v) is 4.51. The van der Waals surface area contributed by atoms with Crippen LogP contribution in [0.1, 0.15) is 46.1 Å². The molecule has 0 bridgehead atoms. The molecule has 156 valence electrons. The molecule has 1 aliphatic rings. The Labute approximate surface area is 170 Å². The summed E-state index contributed by atoms with van der Waals surface area (Å²) in [6, 6.07) is 3.42. The summed E-state index contributed by atoms with van der Waals surface area (Å²) >= 11 is 0. The Morgan fingerprint density at radius 2 is 1.31 bits per heavy atom. The molecule has 2 heterocycles. The molecule has 0 atom stereocenters. The molecule has 8 heteroatoms. The highest BCUT2D eigenvalue weighted by Crippen LogP contribution is 2.43. The number of hydrogen-bond acceptors (Lipinski definition) is 7. The van der Waals surface area contributed by atoms with E-state index in [4.69, 9.17) is 14.2 Å². The minimum Gasteiger partial charge on any atom is -0.463 e. The maximum Gasteiger partial charge on any atom is 0.418 e. The van der Waals surface area contributed by atoms with E-state index in [0.717, 1.165) is 0 Å². The van der Waals surface area contributed by atoms with Crippen molar-refractivity contribution >= 4 is 18.0 Å². The fraction of sp³-hybridized carbons (Fsp3) is 0.429. The second kappa shape index (κ2) is 9.86. The molecule has 0 saturated carbocycles. The van der Waals surface area contributed by atoms with Gasteiger partial charge in [-0.15, -0.1) is 0 Å². The summed E-state index contributed by atoms with van der Waals surface area (Å²) in [6.45, 7) is 8.76. The average Bonchev–Trinajstić information content (AvgIpc) is 2.68. The summed E-state index contributed by atoms with van der Waals surface area (Å²) in [5.41, 5.74) is 1.70. The van der Waals surface area contributed by atoms with Crippen LogP contribution in [0.2, 0.25) is 0 Å². The molecule has 0 spiro atoms. The zero-order valence-electron chi connectivity index (χ0n) is 17.4. The molecule has 0 fully saturated rings. The fourth-order valence-corrected chi connectivity index (χ4v) is 3.35. The van der Waals surface area contributed by atoms with Crippen molar-refractivity contribution in [1.82, 2.24) is 9.88 Å². The number of nitrogens with zero attached hydrogens (tertiary/aromatic N) is 2. The maximum atomic E-state index is 12.9. The molecular weight excluding hydrogens is 376 g/mol. The predicted octanol–water partition coefficient (Wildman–Crippen LogP) is 3.31. The topological polar surface area (TPSA) is 95.0 Å². The van der Waals surface area contributed by atoms with Crippen molar-refractivity contribution in [3.63, 3.8) is 0 Å². The van der Waals surface area contributed by atoms with E-state index in [1.54, 1.807) is 59.1 Å². The van der Waals surface area contributed by atoms with Gasteiger partial charge in [-0.25, -0.2) is 14.4 Å². The van der Waals surface area contributed by atoms with Crippen molar-refractivity contribution in [1.29, 1.82) is 0 Å². The third kappa shape index (κ3) is 4.47. The number of aromatic nitrogens is 1. The van der Waals surface area contributed by atoms with Crippen molar-refractivity contribution < 1.29 is 28.6 Å². The Bertz CT molecular complexity index is 802. The van der Waals surface area contributed by atoms with Crippen molar-refractivity contribution in [2.45, 2.75) is 40.5 Å². The summed E-state index contributed by atoms with van der Waals surface area (Å²) in [5.74, 6) is -1.99. The molecule has 1 aromatic heterocycles. The van der Waals surface area contributed by atoms with Gasteiger partial charge in [0.15, 0.2) is 0 Å². The standard InChI is InChI=1S/C21H26N2O6/c1-6-27-19(24)16-13(4)23(21(26)29-8-3)14(5)17(20(25)28-7-2)18(16)15-9-11-22-12-10-15/h9-12,18H,6-8H2,1-5H3. The lowest BCUT2D eigenvalue weighted by Gasteiger charge is -2.35. The van der Waals surface area contributed by atoms with E-state index in [2.05, 4.69) is 4.98 Å². The van der Waals surface area contributed by atoms with Crippen molar-refractivity contribution in [3.05, 3.63) is 52.6 Å². The van der Waals surface area contributed by atoms with Gasteiger partial charge in [-0.2, -0.15) is 0 Å². The highest BCUT2D eigenvalue weighted by atomic mass is 16.6. The first-order chi connectivity index (χ1) is 13.9. The number of pyridine rings is 1. The lowest BCUT2D eigenvalue weighted by molar-refractivity contribution is -0.139. The first-order valence-corrected chi connectivity index (χ1v) is 9.51. The lowest BCUT2D eigenvalue weighted by Crippen LogP contribution is -2.38. The molecule has 0 aliphatic carbocycles. The molecule has 0 saturated heterocycles. The second-order valence-electron chi connectivity index (χ2n) is 6.19. The number of carbonyl (C=O) groups excluding carboxylic acids is 3. The SMILES string of the molecule is CCOC(=O)C1=C(C)N(C(=O)OCC)C(C)=C(C(=O)OCC)C1c1ccncc1. The first-order valence-electron chi connectivity index (χ1n) is 9.51. The molecule has 1 amide bonds. The number of allylic oxidation sites excluding steroid dienone is 2. The second-order valence-corrected chi connectivity index (χ2v) is 6.19. The number of carbonyl (C=O) groups is 3. The highest BCUT2D eigenvalue weighted by molar-refractivity contribution is 6.01. The minimum atomic E-state index is -0.762. The van der Waals surface area contributed by atoms with E-state index in [1.165, 1.54) is 4.90 Å². The van der Waals surface area contributed by atoms with Crippen LogP contribution in [-0.4, -0.2) is 47.7 Å². The van der Waals surface area contributed by atoms with Gasteiger partial charge in [-0.1, -0.05) is 0 Å². The van der Waals surface area contributed by atoms with Crippen LogP contribution in [0.3, 0.4) is 0 Å². The van der Waals surface area contributed by atoms with Crippen molar-refractivity contribution in [3.8, 4) is 0 Å². The summed E-state index contributed by atoms with van der Waals surface area (Å²) in [5, 5.41) is 0. The van der Waals surface area contributed by atoms with Gasteiger partial charge in [0.05, 0.1) is 36.9 Å². The molecule has 1 aromatic rings. The minimum absolute atomic E-state index is 0.146. The van der Waals surface area contributed by atoms with Gasteiger partial charge in [0.2, 0.25) is 0 Å². The van der Waals surface area contributed by atoms with Gasteiger partial charge in [-0.3, -0.25) is 9.88 Å². The van der Waals surface area contributed by atoms with Gasteiger partial charge in [-0.05, 0) is 52.3 Å². The smallest absolute Gasteiger partial charge is 0.418 e. The van der Waals surface area contributed by atoms with Gasteiger partial charge in [0.25, 0.3) is 0 Å². The largest absolute Gasteiger partial charge is 0.463 e. The number of rotatable bonds is 6. The molecule has 0 aromatic carbocycles. The number of esters is 2. The average molecular weight is 402 g/mol. The summed E-state index contributed by atoms with van der Waals surface area (Å²) < 4.78 is 15.6. The van der Waals surface area contributed by atoms with E-state index < -0.39 is 23.9 Å².